The van der Waals surface area contributed by atoms with Crippen LogP contribution in [-0.2, 0) is 0 Å². The third-order valence-corrected chi connectivity index (χ3v) is 11.7. The van der Waals surface area contributed by atoms with E-state index >= 15 is 0 Å². The Bertz CT molecular complexity index is 3050. The second kappa shape index (κ2) is 14.6. The van der Waals surface area contributed by atoms with E-state index in [-0.39, 0.29) is 0 Å². The zero-order valence-electron chi connectivity index (χ0n) is 31.7. The maximum atomic E-state index is 5.13. The highest BCUT2D eigenvalue weighted by molar-refractivity contribution is 7.13. The number of nitrogens with zero attached hydrogens (tertiary/aromatic N) is 6. The van der Waals surface area contributed by atoms with Crippen LogP contribution in [0.1, 0.15) is 0 Å². The van der Waals surface area contributed by atoms with E-state index in [9.17, 15) is 0 Å². The summed E-state index contributed by atoms with van der Waals surface area (Å²) in [6.45, 7) is 0. The molecule has 7 aromatic carbocycles. The van der Waals surface area contributed by atoms with Crippen molar-refractivity contribution in [3.8, 4) is 55.9 Å². The minimum atomic E-state index is 0.599. The van der Waals surface area contributed by atoms with Gasteiger partial charge in [-0.15, -0.1) is 11.3 Å². The summed E-state index contributed by atoms with van der Waals surface area (Å²) in [5.41, 5.74) is 12.1. The summed E-state index contributed by atoms with van der Waals surface area (Å²) in [7, 11) is 0. The second-order valence-corrected chi connectivity index (χ2v) is 15.3. The summed E-state index contributed by atoms with van der Waals surface area (Å²) in [4.78, 5) is 26.1. The average Bonchev–Trinajstić information content (AvgIpc) is 3.87. The van der Waals surface area contributed by atoms with Gasteiger partial charge in [0, 0.05) is 50.1 Å². The summed E-state index contributed by atoms with van der Waals surface area (Å²) < 4.78 is 0. The van der Waals surface area contributed by atoms with E-state index in [1.165, 1.54) is 4.88 Å². The molecule has 59 heavy (non-hydrogen) atoms. The van der Waals surface area contributed by atoms with E-state index in [0.29, 0.717) is 17.5 Å². The molecule has 7 heteroatoms. The van der Waals surface area contributed by atoms with Crippen LogP contribution < -0.4 is 9.80 Å². The topological polar surface area (TPSA) is 58.0 Å². The van der Waals surface area contributed by atoms with Crippen molar-refractivity contribution < 1.29 is 0 Å². The van der Waals surface area contributed by atoms with Crippen LogP contribution in [0.2, 0.25) is 0 Å². The van der Waals surface area contributed by atoms with E-state index in [0.717, 1.165) is 78.4 Å². The van der Waals surface area contributed by atoms with Crippen LogP contribution in [0, 0.1) is 0 Å². The van der Waals surface area contributed by atoms with Crippen molar-refractivity contribution in [2.24, 2.45) is 0 Å². The Hall–Kier alpha value is -7.74. The first kappa shape index (κ1) is 34.5. The Balaban J connectivity index is 1.14. The van der Waals surface area contributed by atoms with Crippen molar-refractivity contribution in [2.75, 3.05) is 9.80 Å². The van der Waals surface area contributed by atoms with Crippen molar-refractivity contribution in [1.29, 1.82) is 0 Å². The van der Waals surface area contributed by atoms with Crippen LogP contribution in [0.25, 0.3) is 66.6 Å². The molecule has 0 saturated carbocycles. The predicted octanol–water partition coefficient (Wildman–Crippen LogP) is 14.1. The van der Waals surface area contributed by atoms with Gasteiger partial charge in [0.1, 0.15) is 0 Å². The predicted molar refractivity (Wildman–Crippen MR) is 243 cm³/mol. The summed E-state index contributed by atoms with van der Waals surface area (Å²) >= 11 is 1.74. The largest absolute Gasteiger partial charge is 0.306 e. The first-order chi connectivity index (χ1) is 29.2. The minimum absolute atomic E-state index is 0.599. The van der Waals surface area contributed by atoms with Crippen molar-refractivity contribution in [2.45, 2.75) is 0 Å². The summed E-state index contributed by atoms with van der Waals surface area (Å²) in [6, 6.07) is 67.7. The number of rotatable bonds is 7. The number of hydrogen-bond donors (Lipinski definition) is 0. The zero-order valence-corrected chi connectivity index (χ0v) is 32.5. The van der Waals surface area contributed by atoms with Gasteiger partial charge in [0.25, 0.3) is 0 Å². The number of anilines is 6. The van der Waals surface area contributed by atoms with Gasteiger partial charge < -0.3 is 9.80 Å². The third-order valence-electron chi connectivity index (χ3n) is 10.7. The monoisotopic (exact) mass is 774 g/mol. The minimum Gasteiger partial charge on any atom is -0.306 e. The molecule has 1 aliphatic rings. The molecule has 1 aliphatic heterocycles. The molecule has 6 nitrogen and oxygen atoms in total. The molecule has 0 bridgehead atoms. The fourth-order valence-corrected chi connectivity index (χ4v) is 8.71. The molecule has 278 valence electrons. The fraction of sp³-hybridized carbons (Fsp3) is 0. The van der Waals surface area contributed by atoms with Crippen molar-refractivity contribution >= 4 is 56.2 Å². The van der Waals surface area contributed by atoms with Gasteiger partial charge in [-0.3, -0.25) is 4.98 Å². The number of para-hydroxylation sites is 1. The summed E-state index contributed by atoms with van der Waals surface area (Å²) in [6.07, 6.45) is 1.90. The SMILES string of the molecule is c1ccc(-c2nc(-c3ccccc3)nc(-c3ccc4c(c3)N(c3ccccc3)c3cc(-c5cccs5)ccc3N4c3cccc(-c4nccc5ccccc45)c3)n2)cc1. The second-order valence-electron chi connectivity index (χ2n) is 14.4. The van der Waals surface area contributed by atoms with Gasteiger partial charge >= 0.3 is 0 Å². The van der Waals surface area contributed by atoms with E-state index in [2.05, 4.69) is 149 Å². The maximum Gasteiger partial charge on any atom is 0.164 e. The molecule has 0 amide bonds. The smallest absolute Gasteiger partial charge is 0.164 e. The number of benzene rings is 7. The molecule has 0 spiro atoms. The molecule has 0 saturated heterocycles. The van der Waals surface area contributed by atoms with Crippen LogP contribution in [-0.4, -0.2) is 19.9 Å². The Morgan fingerprint density at radius 3 is 1.61 bits per heavy atom. The molecule has 0 N–H and O–H groups in total. The molecule has 10 aromatic rings. The van der Waals surface area contributed by atoms with Crippen LogP contribution in [0.15, 0.2) is 206 Å². The molecular formula is C52H34N6S. The van der Waals surface area contributed by atoms with Crippen LogP contribution >= 0.6 is 11.3 Å². The Morgan fingerprint density at radius 2 is 0.932 bits per heavy atom. The van der Waals surface area contributed by atoms with E-state index < -0.39 is 0 Å². The van der Waals surface area contributed by atoms with Gasteiger partial charge in [-0.05, 0) is 83.1 Å². The Labute approximate surface area is 346 Å². The molecule has 0 radical (unpaired) electrons. The summed E-state index contributed by atoms with van der Waals surface area (Å²) in [5, 5.41) is 4.41. The third kappa shape index (κ3) is 6.30. The highest BCUT2D eigenvalue weighted by Gasteiger charge is 2.32. The fourth-order valence-electron chi connectivity index (χ4n) is 7.99. The van der Waals surface area contributed by atoms with Crippen LogP contribution in [0.5, 0.6) is 0 Å². The number of hydrogen-bond acceptors (Lipinski definition) is 7. The first-order valence-electron chi connectivity index (χ1n) is 19.5. The molecule has 11 rings (SSSR count). The van der Waals surface area contributed by atoms with Crippen molar-refractivity contribution in [3.63, 3.8) is 0 Å². The quantitative estimate of drug-likeness (QED) is 0.161. The lowest BCUT2D eigenvalue weighted by atomic mass is 9.99. The highest BCUT2D eigenvalue weighted by Crippen LogP contribution is 2.56. The average molecular weight is 775 g/mol. The normalized spacial score (nSPS) is 12.0. The zero-order chi connectivity index (χ0) is 39.1. The molecule has 0 aliphatic carbocycles. The molecular weight excluding hydrogens is 741 g/mol. The lowest BCUT2D eigenvalue weighted by Crippen LogP contribution is -2.24. The number of thiophene rings is 1. The lowest BCUT2D eigenvalue weighted by molar-refractivity contribution is 1.07. The molecule has 0 atom stereocenters. The highest BCUT2D eigenvalue weighted by atomic mass is 32.1. The number of aromatic nitrogens is 4. The van der Waals surface area contributed by atoms with Crippen molar-refractivity contribution in [1.82, 2.24) is 19.9 Å². The van der Waals surface area contributed by atoms with E-state index in [1.54, 1.807) is 11.3 Å². The Morgan fingerprint density at radius 1 is 0.373 bits per heavy atom. The van der Waals surface area contributed by atoms with Crippen molar-refractivity contribution in [3.05, 3.63) is 206 Å². The first-order valence-corrected chi connectivity index (χ1v) is 20.4. The van der Waals surface area contributed by atoms with Crippen LogP contribution in [0.3, 0.4) is 0 Å². The summed E-state index contributed by atoms with van der Waals surface area (Å²) in [5.74, 6) is 1.85. The molecule has 0 fully saturated rings. The number of fused-ring (bicyclic) bond motifs is 3. The van der Waals surface area contributed by atoms with Gasteiger partial charge in [0.2, 0.25) is 0 Å². The van der Waals surface area contributed by atoms with E-state index in [1.807, 2.05) is 66.9 Å². The standard InChI is InChI=1S/C52H34N6S/c1-4-15-36(16-5-1)50-54-51(37-17-6-2-7-18-37)56-52(55-50)40-26-28-45-47(34-40)57(41-20-8-3-9-21-41)46-33-38(48-24-13-31-59-48)25-27-44(46)58(45)42-22-12-19-39(32-42)49-43-23-11-10-14-35(43)29-30-53-49/h1-34H. The molecule has 4 heterocycles. The van der Waals surface area contributed by atoms with E-state index in [4.69, 9.17) is 19.9 Å². The number of pyridine rings is 1. The molecule has 3 aromatic heterocycles. The van der Waals surface area contributed by atoms with Gasteiger partial charge in [-0.25, -0.2) is 15.0 Å². The Kier molecular flexibility index (Phi) is 8.56. The van der Waals surface area contributed by atoms with Gasteiger partial charge in [-0.1, -0.05) is 127 Å². The molecule has 0 unspecified atom stereocenters. The van der Waals surface area contributed by atoms with Gasteiger partial charge in [0.05, 0.1) is 28.4 Å². The van der Waals surface area contributed by atoms with Gasteiger partial charge in [0.15, 0.2) is 17.5 Å². The maximum absolute atomic E-state index is 5.13. The lowest BCUT2D eigenvalue weighted by Gasteiger charge is -2.41. The van der Waals surface area contributed by atoms with Crippen LogP contribution in [0.4, 0.5) is 34.1 Å². The van der Waals surface area contributed by atoms with Gasteiger partial charge in [-0.2, -0.15) is 0 Å².